The number of rotatable bonds is 11. The number of carbonyl (C=O) groups excluding carboxylic acids is 1. The number of hydrogen-bond donors (Lipinski definition) is 1. The largest absolute Gasteiger partial charge is 0.622 e. The number of carbonyl (C=O) groups is 1. The third-order valence-corrected chi connectivity index (χ3v) is 7.04. The molecule has 0 spiro atoms. The van der Waals surface area contributed by atoms with Crippen LogP contribution < -0.4 is 20.8 Å². The first kappa shape index (κ1) is 26.1. The normalized spacial score (nSPS) is 21.1. The molecule has 0 radical (unpaired) electrons. The van der Waals surface area contributed by atoms with Crippen molar-refractivity contribution in [3.05, 3.63) is 52.6 Å². The molecule has 2 heterocycles. The van der Waals surface area contributed by atoms with Crippen molar-refractivity contribution < 1.29 is 28.2 Å². The molecule has 1 aliphatic heterocycles. The second-order valence-electron chi connectivity index (χ2n) is 8.21. The monoisotopic (exact) mass is 493 g/mol. The molecular weight excluding hydrogens is 461 g/mol. The molecule has 10 nitrogen and oxygen atoms in total. The third kappa shape index (κ3) is 7.24. The summed E-state index contributed by atoms with van der Waals surface area (Å²) in [4.78, 5) is 41.4. The number of nitrogens with two attached hydrogens (primary N) is 1. The van der Waals surface area contributed by atoms with Crippen LogP contribution in [0.3, 0.4) is 0 Å². The van der Waals surface area contributed by atoms with Gasteiger partial charge in [-0.25, -0.2) is 9.59 Å². The number of nitrogen functional groups attached to an aromatic ring is 1. The molecule has 2 aromatic rings. The lowest BCUT2D eigenvalue weighted by Gasteiger charge is -2.34. The number of benzene rings is 1. The topological polar surface area (TPSA) is 138 Å². The van der Waals surface area contributed by atoms with Gasteiger partial charge in [-0.15, -0.1) is 0 Å². The second kappa shape index (κ2) is 12.3. The van der Waals surface area contributed by atoms with E-state index in [1.165, 1.54) is 16.8 Å². The Labute approximate surface area is 199 Å². The van der Waals surface area contributed by atoms with E-state index in [1.807, 2.05) is 0 Å². The maximum atomic E-state index is 13.1. The van der Waals surface area contributed by atoms with Crippen molar-refractivity contribution in [2.75, 3.05) is 25.3 Å². The minimum absolute atomic E-state index is 0.0592. The highest BCUT2D eigenvalue weighted by atomic mass is 31.2. The number of unbranched alkanes of at least 4 members (excludes halogenated alkanes) is 1. The molecule has 1 aromatic heterocycles. The minimum atomic E-state index is -3.68. The van der Waals surface area contributed by atoms with Crippen LogP contribution >= 0.6 is 7.94 Å². The van der Waals surface area contributed by atoms with Crippen LogP contribution in [0.1, 0.15) is 49.9 Å². The Kier molecular flexibility index (Phi) is 9.41. The molecule has 3 rings (SSSR count). The molecule has 2 N–H and O–H groups in total. The number of aromatic nitrogens is 2. The molecule has 0 saturated carbocycles. The molecule has 0 aliphatic carbocycles. The highest BCUT2D eigenvalue weighted by Crippen LogP contribution is 2.55. The van der Waals surface area contributed by atoms with E-state index in [-0.39, 0.29) is 36.6 Å². The summed E-state index contributed by atoms with van der Waals surface area (Å²) < 4.78 is 23.6. The van der Waals surface area contributed by atoms with Crippen LogP contribution in [0.15, 0.2) is 41.3 Å². The Bertz CT molecular complexity index is 1010. The van der Waals surface area contributed by atoms with Gasteiger partial charge in [-0.1, -0.05) is 45.2 Å². The van der Waals surface area contributed by atoms with Gasteiger partial charge in [-0.05, 0) is 30.5 Å². The van der Waals surface area contributed by atoms with Crippen LogP contribution in [0.5, 0.6) is 5.75 Å². The van der Waals surface area contributed by atoms with Crippen LogP contribution in [-0.4, -0.2) is 41.2 Å². The van der Waals surface area contributed by atoms with Gasteiger partial charge < -0.3 is 24.6 Å². The zero-order chi connectivity index (χ0) is 24.6. The minimum Gasteiger partial charge on any atom is -0.622 e. The Balaban J connectivity index is 1.58. The molecule has 186 valence electrons. The average molecular weight is 493 g/mol. The molecule has 1 aromatic carbocycles. The summed E-state index contributed by atoms with van der Waals surface area (Å²) in [5.74, 6) is -0.00365. The molecule has 1 aliphatic rings. The fraction of sp³-hybridized carbons (Fsp3) is 0.522. The quantitative estimate of drug-likeness (QED) is 0.370. The second-order valence-corrected chi connectivity index (χ2v) is 10.1. The smallest absolute Gasteiger partial charge is 0.349 e. The lowest BCUT2D eigenvalue weighted by molar-refractivity contribution is -0.229. The van der Waals surface area contributed by atoms with Gasteiger partial charge in [-0.2, -0.15) is 9.51 Å². The zero-order valence-electron chi connectivity index (χ0n) is 19.6. The summed E-state index contributed by atoms with van der Waals surface area (Å²) >= 11 is 0. The number of ether oxygens (including phenoxy) is 2. The van der Waals surface area contributed by atoms with Crippen molar-refractivity contribution in [3.63, 3.8) is 0 Å². The van der Waals surface area contributed by atoms with Crippen LogP contribution in [-0.2, 0) is 20.5 Å². The van der Waals surface area contributed by atoms with E-state index in [0.29, 0.717) is 12.5 Å². The molecular formula is C23H32N3O7P. The first-order chi connectivity index (χ1) is 16.3. The van der Waals surface area contributed by atoms with E-state index in [1.54, 1.807) is 24.3 Å². The van der Waals surface area contributed by atoms with Gasteiger partial charge in [-0.3, -0.25) is 4.57 Å². The summed E-state index contributed by atoms with van der Waals surface area (Å²) in [6.07, 6.45) is 4.75. The van der Waals surface area contributed by atoms with Gasteiger partial charge in [0, 0.05) is 6.20 Å². The SMILES string of the molecule is CCCCC(CC)COC(=O)c1ccccc1O[P+]1([O-])COC(Cn2ccc(N)nc2=O)CO1. The van der Waals surface area contributed by atoms with Gasteiger partial charge in [0.25, 0.3) is 0 Å². The third-order valence-electron chi connectivity index (χ3n) is 5.56. The van der Waals surface area contributed by atoms with Crippen LogP contribution in [0.25, 0.3) is 0 Å². The van der Waals surface area contributed by atoms with Crippen LogP contribution in [0.2, 0.25) is 0 Å². The summed E-state index contributed by atoms with van der Waals surface area (Å²) in [6, 6.07) is 7.95. The van der Waals surface area contributed by atoms with E-state index in [0.717, 1.165) is 25.7 Å². The first-order valence-corrected chi connectivity index (χ1v) is 13.2. The molecule has 1 saturated heterocycles. The van der Waals surface area contributed by atoms with Gasteiger partial charge in [0.2, 0.25) is 6.35 Å². The number of esters is 1. The molecule has 1 fully saturated rings. The average Bonchev–Trinajstić information content (AvgIpc) is 2.82. The Morgan fingerprint density at radius 3 is 2.82 bits per heavy atom. The number of hydrogen-bond acceptors (Lipinski definition) is 9. The molecule has 3 unspecified atom stereocenters. The van der Waals surface area contributed by atoms with Gasteiger partial charge in [0.15, 0.2) is 5.75 Å². The van der Waals surface area contributed by atoms with Crippen molar-refractivity contribution in [1.29, 1.82) is 0 Å². The van der Waals surface area contributed by atoms with Crippen molar-refractivity contribution in [2.45, 2.75) is 52.2 Å². The predicted octanol–water partition coefficient (Wildman–Crippen LogP) is 2.77. The number of para-hydroxylation sites is 1. The van der Waals surface area contributed by atoms with Crippen LogP contribution in [0, 0.1) is 5.92 Å². The van der Waals surface area contributed by atoms with E-state index < -0.39 is 25.7 Å². The zero-order valence-corrected chi connectivity index (χ0v) is 20.4. The van der Waals surface area contributed by atoms with Crippen molar-refractivity contribution >= 4 is 19.7 Å². The number of nitrogens with zero attached hydrogens (tertiary/aromatic N) is 2. The van der Waals surface area contributed by atoms with E-state index in [4.69, 9.17) is 24.3 Å². The van der Waals surface area contributed by atoms with Gasteiger partial charge in [0.05, 0.1) is 13.2 Å². The standard InChI is InChI=1S/C23H32N3O7P/c1-3-5-8-17(4-2)14-30-22(27)19-9-6-7-10-20(19)33-34(29)16-31-18(15-32-34)13-26-12-11-21(24)25-23(26)28/h6-7,9-12,17-18H,3-5,8,13-16H2,1-2H3,(H2,24,25,28). The van der Waals surface area contributed by atoms with Crippen LogP contribution in [0.4, 0.5) is 5.82 Å². The van der Waals surface area contributed by atoms with Crippen molar-refractivity contribution in [2.24, 2.45) is 5.92 Å². The molecule has 0 bridgehead atoms. The summed E-state index contributed by atoms with van der Waals surface area (Å²) in [6.45, 7) is 4.62. The Hall–Kier alpha value is -2.52. The van der Waals surface area contributed by atoms with Gasteiger partial charge >= 0.3 is 19.6 Å². The van der Waals surface area contributed by atoms with Gasteiger partial charge in [0.1, 0.15) is 24.1 Å². The predicted molar refractivity (Wildman–Crippen MR) is 126 cm³/mol. The Morgan fingerprint density at radius 1 is 1.35 bits per heavy atom. The van der Waals surface area contributed by atoms with Crippen molar-refractivity contribution in [1.82, 2.24) is 9.55 Å². The van der Waals surface area contributed by atoms with E-state index in [2.05, 4.69) is 18.8 Å². The van der Waals surface area contributed by atoms with E-state index in [9.17, 15) is 14.5 Å². The van der Waals surface area contributed by atoms with E-state index >= 15 is 0 Å². The molecule has 3 atom stereocenters. The highest BCUT2D eigenvalue weighted by Gasteiger charge is 2.40. The summed E-state index contributed by atoms with van der Waals surface area (Å²) in [5, 5.41) is 0. The highest BCUT2D eigenvalue weighted by molar-refractivity contribution is 7.59. The first-order valence-electron chi connectivity index (χ1n) is 11.5. The maximum absolute atomic E-state index is 13.1. The molecule has 11 heteroatoms. The van der Waals surface area contributed by atoms with Crippen molar-refractivity contribution in [3.8, 4) is 5.75 Å². The molecule has 34 heavy (non-hydrogen) atoms. The lowest BCUT2D eigenvalue weighted by atomic mass is 10.0. The fourth-order valence-corrected chi connectivity index (χ4v) is 4.90. The fourth-order valence-electron chi connectivity index (χ4n) is 3.47. The maximum Gasteiger partial charge on any atom is 0.349 e. The Morgan fingerprint density at radius 2 is 2.15 bits per heavy atom. The summed E-state index contributed by atoms with van der Waals surface area (Å²) in [7, 11) is -3.68. The lowest BCUT2D eigenvalue weighted by Crippen LogP contribution is -2.39. The summed E-state index contributed by atoms with van der Waals surface area (Å²) in [5.41, 5.74) is 5.16. The number of anilines is 1. The molecule has 0 amide bonds.